The quantitative estimate of drug-likeness (QED) is 0.289. The molecule has 6 saturated heterocycles. The van der Waals surface area contributed by atoms with E-state index in [1.165, 1.54) is 38.5 Å². The Morgan fingerprint density at radius 3 is 0.958 bits per heavy atom. The fraction of sp³-hybridized carbons (Fsp3) is 1.00. The molecule has 6 rings (SSSR count). The Bertz CT molecular complexity index is 781. The van der Waals surface area contributed by atoms with E-state index in [0.717, 1.165) is 76.7 Å². The van der Waals surface area contributed by atoms with Crippen LogP contribution in [0.3, 0.4) is 0 Å². The van der Waals surface area contributed by atoms with Crippen LogP contribution in [0.15, 0.2) is 0 Å². The highest BCUT2D eigenvalue weighted by molar-refractivity contribution is 4.85. The second kappa shape index (κ2) is 20.6. The molecule has 0 N–H and O–H groups in total. The number of rotatable bonds is 6. The summed E-state index contributed by atoms with van der Waals surface area (Å²) in [6.45, 7) is 24.4. The van der Waals surface area contributed by atoms with Crippen molar-refractivity contribution in [2.75, 3.05) is 78.7 Å². The summed E-state index contributed by atoms with van der Waals surface area (Å²) < 4.78 is 57.8. The molecule has 6 nitrogen and oxygen atoms in total. The number of hydrogen-bond donors (Lipinski definition) is 0. The minimum atomic E-state index is -0.666. The molecule has 48 heavy (non-hydrogen) atoms. The minimum absolute atomic E-state index is 0.0611. The van der Waals surface area contributed by atoms with Crippen LogP contribution in [0.5, 0.6) is 0 Å². The van der Waals surface area contributed by atoms with Crippen molar-refractivity contribution in [3.63, 3.8) is 0 Å². The first kappa shape index (κ1) is 40.3. The molecule has 6 fully saturated rings. The Kier molecular flexibility index (Phi) is 17.3. The van der Waals surface area contributed by atoms with Crippen LogP contribution in [-0.4, -0.2) is 130 Å². The molecule has 0 aromatic rings. The third kappa shape index (κ3) is 13.0. The van der Waals surface area contributed by atoms with E-state index in [1.54, 1.807) is 0 Å². The fourth-order valence-corrected chi connectivity index (χ4v) is 8.72. The van der Waals surface area contributed by atoms with Gasteiger partial charge >= 0.3 is 0 Å². The van der Waals surface area contributed by atoms with Crippen LogP contribution in [0.4, 0.5) is 13.2 Å². The van der Waals surface area contributed by atoms with Gasteiger partial charge in [-0.3, -0.25) is 0 Å². The van der Waals surface area contributed by atoms with E-state index in [1.807, 2.05) is 20.8 Å². The molecule has 12 atom stereocenters. The Morgan fingerprint density at radius 2 is 0.708 bits per heavy atom. The second-order valence-corrected chi connectivity index (χ2v) is 16.7. The topological polar surface area (TPSA) is 37.4 Å². The number of hydrogen-bond acceptors (Lipinski definition) is 6. The van der Waals surface area contributed by atoms with Gasteiger partial charge in [-0.2, -0.15) is 0 Å². The highest BCUT2D eigenvalue weighted by Crippen LogP contribution is 2.28. The van der Waals surface area contributed by atoms with Gasteiger partial charge in [0.2, 0.25) is 0 Å². The van der Waals surface area contributed by atoms with Crippen molar-refractivity contribution in [1.29, 1.82) is 0 Å². The first-order chi connectivity index (χ1) is 23.0. The normalized spacial score (nSPS) is 42.2. The van der Waals surface area contributed by atoms with Gasteiger partial charge in [0.05, 0.1) is 18.3 Å². The standard InChI is InChI=1S/3C13H24FNO/c3*1-10-4-3-6-15(8-10)9-13-11(2)12(14)5-7-16-13/h3*10-13H,3-9H2,1-2H3/t10-,11+,12-,13?;10-,11-,12-,13+;10-,11-,12-,13-/m111/s1. The van der Waals surface area contributed by atoms with Crippen molar-refractivity contribution >= 4 is 0 Å². The number of nitrogens with zero attached hydrogens (tertiary/aromatic N) is 3. The minimum Gasteiger partial charge on any atom is -0.376 e. The van der Waals surface area contributed by atoms with Crippen LogP contribution in [0, 0.1) is 35.5 Å². The summed E-state index contributed by atoms with van der Waals surface area (Å²) in [7, 11) is 0. The van der Waals surface area contributed by atoms with Crippen molar-refractivity contribution in [1.82, 2.24) is 14.7 Å². The number of likely N-dealkylation sites (tertiary alicyclic amines) is 3. The predicted octanol–water partition coefficient (Wildman–Crippen LogP) is 7.44. The number of piperidine rings is 3. The highest BCUT2D eigenvalue weighted by atomic mass is 19.1. The zero-order valence-electron chi connectivity index (χ0n) is 31.5. The van der Waals surface area contributed by atoms with Gasteiger partial charge in [-0.05, 0) is 75.9 Å². The molecule has 282 valence electrons. The Labute approximate surface area is 292 Å². The maximum Gasteiger partial charge on any atom is 0.107 e. The zero-order chi connectivity index (χ0) is 34.6. The number of alkyl halides is 3. The lowest BCUT2D eigenvalue weighted by Gasteiger charge is -2.38. The fourth-order valence-electron chi connectivity index (χ4n) is 8.72. The van der Waals surface area contributed by atoms with Crippen molar-refractivity contribution < 1.29 is 27.4 Å². The van der Waals surface area contributed by atoms with Gasteiger partial charge in [0.25, 0.3) is 0 Å². The summed E-state index contributed by atoms with van der Waals surface area (Å²) in [6.07, 6.45) is 7.90. The maximum atomic E-state index is 13.6. The van der Waals surface area contributed by atoms with E-state index >= 15 is 0 Å². The molecule has 6 aliphatic rings. The predicted molar refractivity (Wildman–Crippen MR) is 190 cm³/mol. The van der Waals surface area contributed by atoms with Gasteiger partial charge in [0, 0.05) is 96.1 Å². The van der Waals surface area contributed by atoms with Gasteiger partial charge in [-0.1, -0.05) is 41.5 Å². The van der Waals surface area contributed by atoms with Gasteiger partial charge in [0.15, 0.2) is 0 Å². The monoisotopic (exact) mass is 688 g/mol. The molecule has 0 aromatic heterocycles. The molecule has 0 bridgehead atoms. The Balaban J connectivity index is 0.000000163. The molecule has 0 aliphatic carbocycles. The molecule has 0 saturated carbocycles. The van der Waals surface area contributed by atoms with Gasteiger partial charge in [-0.15, -0.1) is 0 Å². The van der Waals surface area contributed by atoms with Gasteiger partial charge in [-0.25, -0.2) is 13.2 Å². The van der Waals surface area contributed by atoms with Crippen molar-refractivity contribution in [2.24, 2.45) is 35.5 Å². The second-order valence-electron chi connectivity index (χ2n) is 16.7. The summed E-state index contributed by atoms with van der Waals surface area (Å²) in [4.78, 5) is 7.36. The van der Waals surface area contributed by atoms with E-state index in [9.17, 15) is 13.2 Å². The molecule has 0 aromatic carbocycles. The van der Waals surface area contributed by atoms with Crippen LogP contribution in [0.1, 0.15) is 99.3 Å². The lowest BCUT2D eigenvalue weighted by Crippen LogP contribution is -2.46. The van der Waals surface area contributed by atoms with E-state index < -0.39 is 18.5 Å². The Hall–Kier alpha value is -0.450. The molecule has 6 aliphatic heterocycles. The Morgan fingerprint density at radius 1 is 0.438 bits per heavy atom. The van der Waals surface area contributed by atoms with E-state index in [2.05, 4.69) is 35.5 Å². The van der Waals surface area contributed by atoms with Crippen molar-refractivity contribution in [3.05, 3.63) is 0 Å². The van der Waals surface area contributed by atoms with Gasteiger partial charge in [0.1, 0.15) is 18.5 Å². The van der Waals surface area contributed by atoms with Crippen molar-refractivity contribution in [3.8, 4) is 0 Å². The molecule has 0 spiro atoms. The number of ether oxygens (including phenoxy) is 3. The van der Waals surface area contributed by atoms with Crippen LogP contribution in [0.25, 0.3) is 0 Å². The van der Waals surface area contributed by atoms with Crippen LogP contribution in [-0.2, 0) is 14.2 Å². The smallest absolute Gasteiger partial charge is 0.107 e. The zero-order valence-corrected chi connectivity index (χ0v) is 31.5. The third-order valence-corrected chi connectivity index (χ3v) is 12.2. The number of halogens is 3. The molecular weight excluding hydrogens is 615 g/mol. The van der Waals surface area contributed by atoms with Crippen molar-refractivity contribution in [2.45, 2.75) is 136 Å². The van der Waals surface area contributed by atoms with E-state index in [4.69, 9.17) is 14.2 Å². The SMILES string of the molecule is C[C@@H]1CCCN(CC2OCC[C@@H](F)[C@@H]2C)C1.C[C@@H]1CCCN(C[C@@H]2OCC[C@@H](F)[C@H]2C)C1.C[C@@H]1CCCN(C[C@H]2OCC[C@@H](F)[C@H]2C)C1. The van der Waals surface area contributed by atoms with Crippen LogP contribution >= 0.6 is 0 Å². The summed E-state index contributed by atoms with van der Waals surface area (Å²) in [5, 5.41) is 0. The largest absolute Gasteiger partial charge is 0.376 e. The maximum absolute atomic E-state index is 13.6. The average molecular weight is 688 g/mol. The summed E-state index contributed by atoms with van der Waals surface area (Å²) in [6, 6.07) is 0. The first-order valence-electron chi connectivity index (χ1n) is 19.9. The van der Waals surface area contributed by atoms with Crippen LogP contribution < -0.4 is 0 Å². The molecule has 0 amide bonds. The molecule has 1 unspecified atom stereocenters. The summed E-state index contributed by atoms with van der Waals surface area (Å²) in [5.41, 5.74) is 0. The van der Waals surface area contributed by atoms with E-state index in [-0.39, 0.29) is 36.1 Å². The lowest BCUT2D eigenvalue weighted by molar-refractivity contribution is -0.0757. The first-order valence-corrected chi connectivity index (χ1v) is 19.9. The van der Waals surface area contributed by atoms with Crippen LogP contribution in [0.2, 0.25) is 0 Å². The molecule has 9 heteroatoms. The molecule has 0 radical (unpaired) electrons. The lowest BCUT2D eigenvalue weighted by atomic mass is 9.93. The molecular formula is C39H72F3N3O3. The van der Waals surface area contributed by atoms with E-state index in [0.29, 0.717) is 39.1 Å². The highest BCUT2D eigenvalue weighted by Gasteiger charge is 2.35. The molecule has 6 heterocycles. The van der Waals surface area contributed by atoms with Gasteiger partial charge < -0.3 is 28.9 Å². The third-order valence-electron chi connectivity index (χ3n) is 12.2. The average Bonchev–Trinajstić information content (AvgIpc) is 3.05. The summed E-state index contributed by atoms with van der Waals surface area (Å²) >= 11 is 0. The summed E-state index contributed by atoms with van der Waals surface area (Å²) in [5.74, 6) is 2.54.